The molecule has 0 aliphatic carbocycles. The molecule has 1 atom stereocenters. The predicted octanol–water partition coefficient (Wildman–Crippen LogP) is 3.60. The summed E-state index contributed by atoms with van der Waals surface area (Å²) in [5.41, 5.74) is 0.414. The number of carbonyl (C=O) groups excluding carboxylic acids is 2. The molecule has 1 fully saturated rings. The number of hydrogen-bond donors (Lipinski definition) is 1. The first-order valence-electron chi connectivity index (χ1n) is 10.3. The number of likely N-dealkylation sites (N-methyl/N-ethyl adjacent to an activating group) is 1. The van der Waals surface area contributed by atoms with Crippen molar-refractivity contribution in [2.45, 2.75) is 19.4 Å². The van der Waals surface area contributed by atoms with Gasteiger partial charge in [0.25, 0.3) is 11.7 Å². The topological polar surface area (TPSA) is 70.1 Å². The van der Waals surface area contributed by atoms with Crippen LogP contribution < -0.4 is 4.74 Å². The molecule has 0 bridgehead atoms. The third kappa shape index (κ3) is 4.77. The van der Waals surface area contributed by atoms with E-state index in [1.165, 1.54) is 17.0 Å². The Balaban J connectivity index is 2.07. The number of likely N-dealkylation sites (tertiary alicyclic amines) is 1. The van der Waals surface area contributed by atoms with E-state index in [1.54, 1.807) is 36.4 Å². The number of amides is 1. The molecular formula is C24H27FN2O4. The number of hydrogen-bond acceptors (Lipinski definition) is 5. The number of rotatable bonds is 8. The van der Waals surface area contributed by atoms with E-state index >= 15 is 0 Å². The minimum absolute atomic E-state index is 0.115. The van der Waals surface area contributed by atoms with Crippen LogP contribution in [0.1, 0.15) is 30.5 Å². The molecule has 0 radical (unpaired) electrons. The molecule has 0 saturated carbocycles. The smallest absolute Gasteiger partial charge is 0.295 e. The maximum absolute atomic E-state index is 14.7. The van der Waals surface area contributed by atoms with Gasteiger partial charge in [-0.25, -0.2) is 4.39 Å². The Bertz CT molecular complexity index is 985. The molecule has 164 valence electrons. The molecule has 1 aliphatic heterocycles. The maximum atomic E-state index is 14.7. The van der Waals surface area contributed by atoms with Crippen molar-refractivity contribution < 1.29 is 23.8 Å². The summed E-state index contributed by atoms with van der Waals surface area (Å²) in [4.78, 5) is 28.9. The van der Waals surface area contributed by atoms with Crippen LogP contribution in [0.2, 0.25) is 0 Å². The molecule has 2 aromatic rings. The summed E-state index contributed by atoms with van der Waals surface area (Å²) in [6, 6.07) is 11.6. The van der Waals surface area contributed by atoms with Crippen LogP contribution in [0.3, 0.4) is 0 Å². The van der Waals surface area contributed by atoms with Gasteiger partial charge in [-0.15, -0.1) is 0 Å². The molecule has 0 aromatic heterocycles. The molecule has 31 heavy (non-hydrogen) atoms. The van der Waals surface area contributed by atoms with Crippen molar-refractivity contribution in [2.24, 2.45) is 0 Å². The van der Waals surface area contributed by atoms with Crippen molar-refractivity contribution in [3.8, 4) is 5.75 Å². The third-order valence-electron chi connectivity index (χ3n) is 5.13. The van der Waals surface area contributed by atoms with Gasteiger partial charge in [-0.3, -0.25) is 9.59 Å². The zero-order valence-corrected chi connectivity index (χ0v) is 18.0. The highest BCUT2D eigenvalue weighted by Crippen LogP contribution is 2.40. The second-order valence-corrected chi connectivity index (χ2v) is 7.69. The highest BCUT2D eigenvalue weighted by Gasteiger charge is 2.46. The SMILES string of the molecule is CCCOc1ccc(/C(O)=C2\C(=O)C(=O)N(CCN(C)C)[C@@H]2c2ccccc2F)cc1. The van der Waals surface area contributed by atoms with Crippen LogP contribution >= 0.6 is 0 Å². The van der Waals surface area contributed by atoms with E-state index in [2.05, 4.69) is 0 Å². The van der Waals surface area contributed by atoms with E-state index in [0.717, 1.165) is 6.42 Å². The van der Waals surface area contributed by atoms with Crippen LogP contribution in [0.5, 0.6) is 5.75 Å². The number of aliphatic hydroxyl groups is 1. The standard InChI is InChI=1S/C24H27FN2O4/c1-4-15-31-17-11-9-16(10-12-17)22(28)20-21(18-7-5-6-8-19(18)25)27(14-13-26(2)3)24(30)23(20)29/h5-12,21,28H,4,13-15H2,1-3H3/b22-20+/t21-/m1/s1. The summed E-state index contributed by atoms with van der Waals surface area (Å²) in [6.45, 7) is 3.27. The zero-order chi connectivity index (χ0) is 22.5. The minimum atomic E-state index is -1.00. The lowest BCUT2D eigenvalue weighted by molar-refractivity contribution is -0.140. The molecular weight excluding hydrogens is 399 g/mol. The van der Waals surface area contributed by atoms with Gasteiger partial charge in [0.05, 0.1) is 18.2 Å². The summed E-state index contributed by atoms with van der Waals surface area (Å²) in [6.07, 6.45) is 0.862. The lowest BCUT2D eigenvalue weighted by Crippen LogP contribution is -2.35. The quantitative estimate of drug-likeness (QED) is 0.397. The van der Waals surface area contributed by atoms with Crippen molar-refractivity contribution in [1.82, 2.24) is 9.80 Å². The Morgan fingerprint density at radius 2 is 1.81 bits per heavy atom. The zero-order valence-electron chi connectivity index (χ0n) is 18.0. The molecule has 2 aromatic carbocycles. The summed E-state index contributed by atoms with van der Waals surface area (Å²) in [5.74, 6) is -1.81. The van der Waals surface area contributed by atoms with E-state index in [1.807, 2.05) is 25.9 Å². The molecule has 0 spiro atoms. The summed E-state index contributed by atoms with van der Waals surface area (Å²) in [7, 11) is 3.69. The highest BCUT2D eigenvalue weighted by molar-refractivity contribution is 6.46. The Morgan fingerprint density at radius 1 is 1.13 bits per heavy atom. The Morgan fingerprint density at radius 3 is 2.42 bits per heavy atom. The molecule has 1 aliphatic rings. The molecule has 3 rings (SSSR count). The first-order chi connectivity index (χ1) is 14.8. The van der Waals surface area contributed by atoms with Crippen LogP contribution in [-0.2, 0) is 9.59 Å². The number of Topliss-reactive ketones (excluding diaryl/α,β-unsaturated/α-hetero) is 1. The highest BCUT2D eigenvalue weighted by atomic mass is 19.1. The Labute approximate surface area is 181 Å². The maximum Gasteiger partial charge on any atom is 0.295 e. The summed E-state index contributed by atoms with van der Waals surface area (Å²) in [5, 5.41) is 11.0. The van der Waals surface area contributed by atoms with Gasteiger partial charge >= 0.3 is 0 Å². The number of benzene rings is 2. The number of carbonyl (C=O) groups is 2. The predicted molar refractivity (Wildman–Crippen MR) is 116 cm³/mol. The minimum Gasteiger partial charge on any atom is -0.507 e. The number of halogens is 1. The van der Waals surface area contributed by atoms with Gasteiger partial charge in [-0.05, 0) is 50.8 Å². The first kappa shape index (κ1) is 22.5. The van der Waals surface area contributed by atoms with Gasteiger partial charge in [0.1, 0.15) is 17.3 Å². The van der Waals surface area contributed by atoms with E-state index < -0.39 is 23.5 Å². The van der Waals surface area contributed by atoms with Crippen LogP contribution in [-0.4, -0.2) is 60.4 Å². The van der Waals surface area contributed by atoms with Crippen LogP contribution in [0.25, 0.3) is 5.76 Å². The normalized spacial score (nSPS) is 18.1. The van der Waals surface area contributed by atoms with Crippen molar-refractivity contribution in [3.63, 3.8) is 0 Å². The average Bonchev–Trinajstić information content (AvgIpc) is 3.01. The second-order valence-electron chi connectivity index (χ2n) is 7.69. The number of aliphatic hydroxyl groups excluding tert-OH is 1. The van der Waals surface area contributed by atoms with Crippen molar-refractivity contribution >= 4 is 17.4 Å². The molecule has 6 nitrogen and oxygen atoms in total. The molecule has 0 unspecified atom stereocenters. The first-order valence-corrected chi connectivity index (χ1v) is 10.3. The molecule has 1 saturated heterocycles. The number of nitrogens with zero attached hydrogens (tertiary/aromatic N) is 2. The third-order valence-corrected chi connectivity index (χ3v) is 5.13. The van der Waals surface area contributed by atoms with Crippen molar-refractivity contribution in [2.75, 3.05) is 33.8 Å². The lowest BCUT2D eigenvalue weighted by Gasteiger charge is -2.26. The van der Waals surface area contributed by atoms with Gasteiger partial charge in [0.2, 0.25) is 0 Å². The number of ether oxygens (including phenoxy) is 1. The van der Waals surface area contributed by atoms with Crippen LogP contribution in [0, 0.1) is 5.82 Å². The fraction of sp³-hybridized carbons (Fsp3) is 0.333. The average molecular weight is 426 g/mol. The summed E-state index contributed by atoms with van der Waals surface area (Å²) >= 11 is 0. The Hall–Kier alpha value is -3.19. The second kappa shape index (κ2) is 9.75. The van der Waals surface area contributed by atoms with Crippen LogP contribution in [0.4, 0.5) is 4.39 Å². The van der Waals surface area contributed by atoms with E-state index in [-0.39, 0.29) is 23.4 Å². The van der Waals surface area contributed by atoms with Gasteiger partial charge in [0, 0.05) is 24.2 Å². The molecule has 7 heteroatoms. The van der Waals surface area contributed by atoms with Gasteiger partial charge in [-0.1, -0.05) is 25.1 Å². The molecule has 1 N–H and O–H groups in total. The van der Waals surface area contributed by atoms with Crippen molar-refractivity contribution in [3.05, 3.63) is 71.0 Å². The lowest BCUT2D eigenvalue weighted by atomic mass is 9.95. The molecule has 1 heterocycles. The molecule has 1 amide bonds. The fourth-order valence-corrected chi connectivity index (χ4v) is 3.52. The Kier molecular flexibility index (Phi) is 7.07. The van der Waals surface area contributed by atoms with Gasteiger partial charge < -0.3 is 19.6 Å². The van der Waals surface area contributed by atoms with Gasteiger partial charge in [-0.2, -0.15) is 0 Å². The largest absolute Gasteiger partial charge is 0.507 e. The van der Waals surface area contributed by atoms with Crippen molar-refractivity contribution in [1.29, 1.82) is 0 Å². The van der Waals surface area contributed by atoms with E-state index in [4.69, 9.17) is 4.74 Å². The monoisotopic (exact) mass is 426 g/mol. The van der Waals surface area contributed by atoms with Gasteiger partial charge in [0.15, 0.2) is 0 Å². The number of ketones is 1. The van der Waals surface area contributed by atoms with E-state index in [0.29, 0.717) is 24.5 Å². The summed E-state index contributed by atoms with van der Waals surface area (Å²) < 4.78 is 20.2. The van der Waals surface area contributed by atoms with E-state index in [9.17, 15) is 19.1 Å². The fourth-order valence-electron chi connectivity index (χ4n) is 3.52. The van der Waals surface area contributed by atoms with Crippen LogP contribution in [0.15, 0.2) is 54.1 Å².